The van der Waals surface area contributed by atoms with Gasteiger partial charge >= 0.3 is 5.97 Å². The van der Waals surface area contributed by atoms with E-state index in [2.05, 4.69) is 65.1 Å². The zero-order valence-electron chi connectivity index (χ0n) is 28.3. The van der Waals surface area contributed by atoms with E-state index in [1.165, 1.54) is 20.2 Å². The fourth-order valence-electron chi connectivity index (χ4n) is 4.82. The number of hydrogen-bond acceptors (Lipinski definition) is 8. The minimum absolute atomic E-state index is 0. The number of hydrogen-bond donors (Lipinski definition) is 2. The van der Waals surface area contributed by atoms with Gasteiger partial charge in [0.1, 0.15) is 5.75 Å². The van der Waals surface area contributed by atoms with Crippen molar-refractivity contribution in [2.24, 2.45) is 0 Å². The van der Waals surface area contributed by atoms with E-state index in [-0.39, 0.29) is 20.1 Å². The second kappa shape index (κ2) is 19.9. The van der Waals surface area contributed by atoms with E-state index < -0.39 is 18.2 Å². The summed E-state index contributed by atoms with van der Waals surface area (Å²) in [5, 5.41) is 21.2. The van der Waals surface area contributed by atoms with Crippen LogP contribution in [0.2, 0.25) is 0 Å². The van der Waals surface area contributed by atoms with Crippen LogP contribution in [-0.2, 0) is 31.3 Å². The predicted octanol–water partition coefficient (Wildman–Crippen LogP) is 9.76. The second-order valence-electron chi connectivity index (χ2n) is 11.6. The van der Waals surface area contributed by atoms with Crippen LogP contribution >= 0.6 is 22.7 Å². The number of nitrogens with zero attached hydrogens (tertiary/aromatic N) is 2. The van der Waals surface area contributed by atoms with E-state index in [4.69, 9.17) is 9.84 Å². The van der Waals surface area contributed by atoms with Crippen LogP contribution in [-0.4, -0.2) is 38.4 Å². The van der Waals surface area contributed by atoms with Gasteiger partial charge in [0, 0.05) is 49.5 Å². The van der Waals surface area contributed by atoms with Crippen LogP contribution in [0.25, 0.3) is 41.3 Å². The average molecular weight is 891 g/mol. The first kappa shape index (κ1) is 39.4. The maximum Gasteiger partial charge on any atom is 0.338 e. The van der Waals surface area contributed by atoms with Gasteiger partial charge in [-0.1, -0.05) is 67.2 Å². The molecular weight excluding hydrogens is 853 g/mol. The van der Waals surface area contributed by atoms with Crippen molar-refractivity contribution in [1.29, 1.82) is 0 Å². The van der Waals surface area contributed by atoms with E-state index >= 15 is 0 Å². The van der Waals surface area contributed by atoms with Crippen molar-refractivity contribution in [2.45, 2.75) is 45.3 Å². The summed E-state index contributed by atoms with van der Waals surface area (Å²) in [5.74, 6) is 0.0383. The molecule has 0 bridgehead atoms. The third-order valence-corrected chi connectivity index (χ3v) is 9.53. The summed E-state index contributed by atoms with van der Waals surface area (Å²) in [6, 6.07) is 42.3. The predicted molar refractivity (Wildman–Crippen MR) is 205 cm³/mol. The first-order chi connectivity index (χ1) is 24.2. The van der Waals surface area contributed by atoms with Gasteiger partial charge in [-0.05, 0) is 82.1 Å². The molecule has 6 nitrogen and oxygen atoms in total. The van der Waals surface area contributed by atoms with Gasteiger partial charge in [-0.3, -0.25) is 0 Å². The second-order valence-corrected chi connectivity index (χ2v) is 13.7. The molecule has 9 heteroatoms. The number of aliphatic hydroxyl groups is 2. The van der Waals surface area contributed by atoms with Crippen LogP contribution in [0.1, 0.15) is 32.3 Å². The molecule has 7 rings (SSSR count). The molecule has 3 aromatic carbocycles. The maximum atomic E-state index is 11.3. The molecule has 4 aromatic heterocycles. The monoisotopic (exact) mass is 891 g/mol. The van der Waals surface area contributed by atoms with Crippen molar-refractivity contribution in [2.75, 3.05) is 0 Å². The first-order valence-electron chi connectivity index (χ1n) is 16.2. The molecule has 2 unspecified atom stereocenters. The Morgan fingerprint density at radius 1 is 0.765 bits per heavy atom. The molecule has 2 atom stereocenters. The molecular formula is C42H38IrN2O4S2-2. The van der Waals surface area contributed by atoms with E-state index in [9.17, 15) is 9.90 Å². The molecule has 0 aliphatic rings. The Labute approximate surface area is 320 Å². The number of rotatable bonds is 9. The molecule has 0 spiro atoms. The standard InChI is InChI=1S/C16H22O4.2C13H8NS.Ir/c1-11(2)16(19)20-15-8-5-13(6-9-15)4-7-14(18)10-12(3)17;2*1-2-7-12-10(5-1)9-13(15-12)11-6-3-4-8-14-11;/h5-6,8-9,12,14,17-18H,1,4,7,10H2,2-3H3;2*1-8H;/q;2*-1;. The van der Waals surface area contributed by atoms with Crippen LogP contribution in [0.4, 0.5) is 0 Å². The normalized spacial score (nSPS) is 11.6. The number of thiophene rings is 2. The Balaban J connectivity index is 0.000000172. The minimum Gasteiger partial charge on any atom is -0.423 e. The Morgan fingerprint density at radius 2 is 1.25 bits per heavy atom. The van der Waals surface area contributed by atoms with E-state index in [0.29, 0.717) is 30.6 Å². The Bertz CT molecular complexity index is 1940. The summed E-state index contributed by atoms with van der Waals surface area (Å²) in [5.41, 5.74) is 3.40. The van der Waals surface area contributed by atoms with Gasteiger partial charge in [0.05, 0.1) is 12.2 Å². The van der Waals surface area contributed by atoms with E-state index in [1.54, 1.807) is 48.7 Å². The zero-order chi connectivity index (χ0) is 35.3. The summed E-state index contributed by atoms with van der Waals surface area (Å²) in [6.45, 7) is 6.78. The number of esters is 1. The Hall–Kier alpha value is -4.34. The number of aryl methyl sites for hydroxylation is 1. The molecule has 0 amide bonds. The number of pyridine rings is 2. The van der Waals surface area contributed by atoms with E-state index in [0.717, 1.165) is 26.7 Å². The number of carbonyl (C=O) groups excluding carboxylic acids is 1. The molecule has 4 heterocycles. The fraction of sp³-hybridized carbons (Fsp3) is 0.167. The molecule has 0 aliphatic heterocycles. The molecule has 1 radical (unpaired) electrons. The molecule has 51 heavy (non-hydrogen) atoms. The quantitative estimate of drug-likeness (QED) is 0.0650. The van der Waals surface area contributed by atoms with Crippen molar-refractivity contribution in [3.8, 4) is 26.9 Å². The van der Waals surface area contributed by atoms with Gasteiger partial charge < -0.3 is 24.9 Å². The molecule has 0 fully saturated rings. The summed E-state index contributed by atoms with van der Waals surface area (Å²) in [4.78, 5) is 22.2. The molecule has 0 aliphatic carbocycles. The first-order valence-corrected chi connectivity index (χ1v) is 17.9. The smallest absolute Gasteiger partial charge is 0.338 e. The number of ether oxygens (including phenoxy) is 1. The summed E-state index contributed by atoms with van der Waals surface area (Å²) in [6.07, 6.45) is 4.32. The average Bonchev–Trinajstić information content (AvgIpc) is 3.78. The van der Waals surface area contributed by atoms with Crippen molar-refractivity contribution in [3.05, 3.63) is 151 Å². The number of aliphatic hydroxyl groups excluding tert-OH is 2. The van der Waals surface area contributed by atoms with Crippen LogP contribution in [0, 0.1) is 12.1 Å². The molecule has 0 saturated carbocycles. The van der Waals surface area contributed by atoms with Gasteiger partial charge in [0.2, 0.25) is 0 Å². The van der Waals surface area contributed by atoms with Crippen LogP contribution in [0.3, 0.4) is 0 Å². The summed E-state index contributed by atoms with van der Waals surface area (Å²) < 4.78 is 7.61. The number of aromatic nitrogens is 2. The topological polar surface area (TPSA) is 92.5 Å². The fourth-order valence-corrected chi connectivity index (χ4v) is 6.79. The summed E-state index contributed by atoms with van der Waals surface area (Å²) in [7, 11) is 0. The van der Waals surface area contributed by atoms with Crippen LogP contribution in [0.5, 0.6) is 5.75 Å². The SMILES string of the molecule is C=C(C)C(=O)Oc1ccc(CCC(O)CC(C)O)cc1.[Ir].[c-]1c(-c2ccccn2)sc2ccccc12.[c-]1c(-c2ccccn2)sc2ccccc12. The number of fused-ring (bicyclic) bond motifs is 2. The molecule has 7 aromatic rings. The Kier molecular flexibility index (Phi) is 15.4. The van der Waals surface area contributed by atoms with Gasteiger partial charge in [-0.25, -0.2) is 27.5 Å². The van der Waals surface area contributed by atoms with Gasteiger partial charge in [-0.15, -0.1) is 47.2 Å². The maximum absolute atomic E-state index is 11.3. The van der Waals surface area contributed by atoms with Gasteiger partial charge in [0.15, 0.2) is 0 Å². The molecule has 0 saturated heterocycles. The third-order valence-electron chi connectivity index (χ3n) is 7.35. The van der Waals surface area contributed by atoms with Gasteiger partial charge in [0.25, 0.3) is 0 Å². The van der Waals surface area contributed by atoms with Crippen molar-refractivity contribution in [1.82, 2.24) is 9.97 Å². The van der Waals surface area contributed by atoms with Crippen molar-refractivity contribution < 1.29 is 39.8 Å². The van der Waals surface area contributed by atoms with Crippen LogP contribution < -0.4 is 4.74 Å². The Morgan fingerprint density at radius 3 is 1.69 bits per heavy atom. The van der Waals surface area contributed by atoms with E-state index in [1.807, 2.05) is 73.1 Å². The van der Waals surface area contributed by atoms with Gasteiger partial charge in [-0.2, -0.15) is 0 Å². The largest absolute Gasteiger partial charge is 0.423 e. The molecule has 263 valence electrons. The molecule has 2 N–H and O–H groups in total. The van der Waals surface area contributed by atoms with Crippen molar-refractivity contribution >= 4 is 48.8 Å². The third kappa shape index (κ3) is 12.1. The number of benzene rings is 3. The van der Waals surface area contributed by atoms with Crippen molar-refractivity contribution in [3.63, 3.8) is 0 Å². The number of carbonyl (C=O) groups is 1. The summed E-state index contributed by atoms with van der Waals surface area (Å²) >= 11 is 3.46. The minimum atomic E-state index is -0.504. The van der Waals surface area contributed by atoms with Crippen LogP contribution in [0.15, 0.2) is 134 Å². The zero-order valence-corrected chi connectivity index (χ0v) is 32.3.